The Morgan fingerprint density at radius 1 is 1.05 bits per heavy atom. The van der Waals surface area contributed by atoms with E-state index in [2.05, 4.69) is 19.6 Å². The highest BCUT2D eigenvalue weighted by molar-refractivity contribution is 5.97. The van der Waals surface area contributed by atoms with Gasteiger partial charge < -0.3 is 34.2 Å². The molecule has 2 aliphatic heterocycles. The van der Waals surface area contributed by atoms with Crippen LogP contribution in [0.4, 0.5) is 18.0 Å². The number of imidazole rings is 1. The van der Waals surface area contributed by atoms with Crippen molar-refractivity contribution < 1.29 is 42.2 Å². The highest BCUT2D eigenvalue weighted by Gasteiger charge is 2.39. The van der Waals surface area contributed by atoms with Crippen molar-refractivity contribution in [2.24, 2.45) is 0 Å². The van der Waals surface area contributed by atoms with Gasteiger partial charge in [-0.05, 0) is 18.6 Å². The van der Waals surface area contributed by atoms with Crippen molar-refractivity contribution in [1.29, 1.82) is 0 Å². The summed E-state index contributed by atoms with van der Waals surface area (Å²) in [4.78, 5) is 38.8. The molecule has 0 aliphatic carbocycles. The number of phenols is 1. The number of aromatic hydroxyl groups is 1. The Morgan fingerprint density at radius 3 is 2.50 bits per heavy atom. The third-order valence-electron chi connectivity index (χ3n) is 7.20. The zero-order chi connectivity index (χ0) is 29.6. The van der Waals surface area contributed by atoms with Gasteiger partial charge >= 0.3 is 12.2 Å². The molecule has 3 aromatic heterocycles. The van der Waals surface area contributed by atoms with Crippen molar-refractivity contribution in [1.82, 2.24) is 34.2 Å². The van der Waals surface area contributed by atoms with Crippen LogP contribution in [0.25, 0.3) is 16.9 Å². The van der Waals surface area contributed by atoms with Gasteiger partial charge in [-0.1, -0.05) is 5.16 Å². The molecular weight excluding hydrogens is 563 g/mol. The third kappa shape index (κ3) is 5.04. The molecule has 1 unspecified atom stereocenters. The van der Waals surface area contributed by atoms with Crippen LogP contribution in [0.2, 0.25) is 0 Å². The Balaban J connectivity index is 1.15. The molecule has 6 rings (SSSR count). The standard InChI is InChI=1S/C26H24F3N7O6/c27-26(28,29)21-18(14-41-32-21)19-12-31-22-23(30-4-6-36(19)22)42-16-1-2-17(20(38)11-16)24(39)33-7-9-34(10-8-33)25(40)35-5-3-15(37)13-35/h1-2,4,6,11-12,14-15,37-38H,3,5,7-10,13H2. The number of rotatable bonds is 4. The predicted molar refractivity (Wildman–Crippen MR) is 137 cm³/mol. The number of aliphatic hydroxyl groups is 1. The third-order valence-corrected chi connectivity index (χ3v) is 7.20. The summed E-state index contributed by atoms with van der Waals surface area (Å²) in [5.74, 6) is -0.718. The molecule has 5 heterocycles. The maximum Gasteiger partial charge on any atom is 0.437 e. The van der Waals surface area contributed by atoms with Crippen LogP contribution in [0.15, 0.2) is 47.6 Å². The number of benzene rings is 1. The second kappa shape index (κ2) is 10.5. The van der Waals surface area contributed by atoms with Crippen molar-refractivity contribution in [2.75, 3.05) is 39.3 Å². The lowest BCUT2D eigenvalue weighted by Gasteiger charge is -2.36. The molecule has 2 aliphatic rings. The topological polar surface area (TPSA) is 150 Å². The van der Waals surface area contributed by atoms with E-state index in [9.17, 15) is 33.0 Å². The van der Waals surface area contributed by atoms with E-state index in [1.165, 1.54) is 46.1 Å². The van der Waals surface area contributed by atoms with Gasteiger partial charge in [-0.3, -0.25) is 9.20 Å². The number of hydrogen-bond acceptors (Lipinski definition) is 9. The highest BCUT2D eigenvalue weighted by Crippen LogP contribution is 2.37. The van der Waals surface area contributed by atoms with E-state index in [1.807, 2.05) is 0 Å². The molecule has 2 saturated heterocycles. The van der Waals surface area contributed by atoms with E-state index < -0.39 is 23.9 Å². The lowest BCUT2D eigenvalue weighted by atomic mass is 10.1. The first-order valence-electron chi connectivity index (χ1n) is 13.0. The first kappa shape index (κ1) is 27.3. The summed E-state index contributed by atoms with van der Waals surface area (Å²) in [6.45, 7) is 1.98. The van der Waals surface area contributed by atoms with Crippen molar-refractivity contribution in [3.8, 4) is 28.6 Å². The van der Waals surface area contributed by atoms with Gasteiger partial charge in [0.2, 0.25) is 5.65 Å². The Bertz CT molecular complexity index is 1650. The highest BCUT2D eigenvalue weighted by atomic mass is 19.4. The van der Waals surface area contributed by atoms with Crippen LogP contribution in [-0.4, -0.2) is 102 Å². The van der Waals surface area contributed by atoms with Crippen LogP contribution in [-0.2, 0) is 6.18 Å². The van der Waals surface area contributed by atoms with Crippen LogP contribution in [0, 0.1) is 0 Å². The Morgan fingerprint density at radius 2 is 1.81 bits per heavy atom. The number of urea groups is 1. The molecule has 0 spiro atoms. The normalized spacial score (nSPS) is 17.7. The van der Waals surface area contributed by atoms with E-state index in [1.54, 1.807) is 9.80 Å². The molecule has 42 heavy (non-hydrogen) atoms. The number of fused-ring (bicyclic) bond motifs is 1. The number of amides is 3. The zero-order valence-corrected chi connectivity index (χ0v) is 21.9. The smallest absolute Gasteiger partial charge is 0.437 e. The molecule has 1 atom stereocenters. The lowest BCUT2D eigenvalue weighted by molar-refractivity contribution is -0.142. The summed E-state index contributed by atoms with van der Waals surface area (Å²) < 4.78 is 51.7. The molecule has 2 fully saturated rings. The molecule has 4 aromatic rings. The van der Waals surface area contributed by atoms with Gasteiger partial charge in [0, 0.05) is 57.7 Å². The fourth-order valence-corrected chi connectivity index (χ4v) is 5.04. The average Bonchev–Trinajstić information content (AvgIpc) is 3.72. The number of carbonyl (C=O) groups excluding carboxylic acids is 2. The fraction of sp³-hybridized carbons (Fsp3) is 0.346. The first-order chi connectivity index (χ1) is 20.1. The molecule has 220 valence electrons. The number of piperazine rings is 1. The molecule has 3 amide bonds. The number of likely N-dealkylation sites (tertiary alicyclic amines) is 1. The molecular formula is C26H24F3N7O6. The zero-order valence-electron chi connectivity index (χ0n) is 21.9. The maximum atomic E-state index is 13.3. The summed E-state index contributed by atoms with van der Waals surface area (Å²) in [5.41, 5.74) is -1.33. The second-order valence-electron chi connectivity index (χ2n) is 9.88. The number of phenolic OH excluding ortho intramolecular Hbond substituents is 1. The Kier molecular flexibility index (Phi) is 6.84. The number of aliphatic hydroxyl groups excluding tert-OH is 1. The number of carbonyl (C=O) groups is 2. The van der Waals surface area contributed by atoms with E-state index in [4.69, 9.17) is 4.74 Å². The monoisotopic (exact) mass is 587 g/mol. The predicted octanol–water partition coefficient (Wildman–Crippen LogP) is 2.85. The summed E-state index contributed by atoms with van der Waals surface area (Å²) in [6.07, 6.45) is 0.0755. The number of halogens is 3. The molecule has 2 N–H and O–H groups in total. The molecule has 0 saturated carbocycles. The number of ether oxygens (including phenoxy) is 1. The number of hydrogen-bond donors (Lipinski definition) is 2. The first-order valence-corrected chi connectivity index (χ1v) is 13.0. The van der Waals surface area contributed by atoms with Gasteiger partial charge in [0.05, 0.1) is 29.1 Å². The summed E-state index contributed by atoms with van der Waals surface area (Å²) >= 11 is 0. The van der Waals surface area contributed by atoms with Crippen molar-refractivity contribution in [2.45, 2.75) is 18.7 Å². The van der Waals surface area contributed by atoms with Gasteiger partial charge in [0.25, 0.3) is 11.8 Å². The maximum absolute atomic E-state index is 13.3. The molecule has 1 aromatic carbocycles. The minimum absolute atomic E-state index is 0.0335. The Hall–Kier alpha value is -4.86. The van der Waals surface area contributed by atoms with Crippen molar-refractivity contribution >= 4 is 17.6 Å². The van der Waals surface area contributed by atoms with Gasteiger partial charge in [-0.15, -0.1) is 0 Å². The quantitative estimate of drug-likeness (QED) is 0.368. The largest absolute Gasteiger partial charge is 0.507 e. The van der Waals surface area contributed by atoms with E-state index in [-0.39, 0.29) is 59.0 Å². The summed E-state index contributed by atoms with van der Waals surface area (Å²) in [6, 6.07) is 3.89. The van der Waals surface area contributed by atoms with Crippen LogP contribution >= 0.6 is 0 Å². The second-order valence-corrected chi connectivity index (χ2v) is 9.88. The van der Waals surface area contributed by atoms with Crippen LogP contribution in [0.3, 0.4) is 0 Å². The average molecular weight is 588 g/mol. The van der Waals surface area contributed by atoms with Crippen molar-refractivity contribution in [3.63, 3.8) is 0 Å². The SMILES string of the molecule is O=C(c1ccc(Oc2nccn3c(-c4conc4C(F)(F)F)cnc23)cc1O)N1CCN(C(=O)N2CCC(O)C2)CC1. The number of alkyl halides is 3. The lowest BCUT2D eigenvalue weighted by Crippen LogP contribution is -2.53. The van der Waals surface area contributed by atoms with E-state index >= 15 is 0 Å². The van der Waals surface area contributed by atoms with Gasteiger partial charge in [-0.2, -0.15) is 13.2 Å². The van der Waals surface area contributed by atoms with E-state index in [0.29, 0.717) is 32.6 Å². The van der Waals surface area contributed by atoms with Gasteiger partial charge in [-0.25, -0.2) is 14.8 Å². The van der Waals surface area contributed by atoms with Crippen LogP contribution in [0.5, 0.6) is 17.4 Å². The van der Waals surface area contributed by atoms with Crippen LogP contribution < -0.4 is 4.74 Å². The summed E-state index contributed by atoms with van der Waals surface area (Å²) in [5, 5.41) is 23.4. The fourth-order valence-electron chi connectivity index (χ4n) is 5.04. The number of β-amino-alcohol motifs (C(OH)–C–C–N with tert-alkyl or cyclic N) is 1. The molecule has 0 bridgehead atoms. The van der Waals surface area contributed by atoms with Gasteiger partial charge in [0.15, 0.2) is 5.69 Å². The van der Waals surface area contributed by atoms with Crippen molar-refractivity contribution in [3.05, 3.63) is 54.3 Å². The van der Waals surface area contributed by atoms with E-state index in [0.717, 1.165) is 6.26 Å². The summed E-state index contributed by atoms with van der Waals surface area (Å²) in [7, 11) is 0. The number of nitrogens with zero attached hydrogens (tertiary/aromatic N) is 7. The van der Waals surface area contributed by atoms with Crippen LogP contribution in [0.1, 0.15) is 22.5 Å². The molecule has 0 radical (unpaired) electrons. The van der Waals surface area contributed by atoms with Gasteiger partial charge in [0.1, 0.15) is 17.8 Å². The number of aromatic nitrogens is 4. The minimum Gasteiger partial charge on any atom is -0.507 e. The Labute approximate surface area is 235 Å². The molecule has 16 heteroatoms. The minimum atomic E-state index is -4.74. The molecule has 13 nitrogen and oxygen atoms in total.